The number of para-hydroxylation sites is 1. The zero-order valence-electron chi connectivity index (χ0n) is 13.8. The number of carbonyl (C=O) groups excluding carboxylic acids is 2. The Morgan fingerprint density at radius 1 is 1.15 bits per heavy atom. The lowest BCUT2D eigenvalue weighted by Gasteiger charge is -2.11. The predicted molar refractivity (Wildman–Crippen MR) is 104 cm³/mol. The van der Waals surface area contributed by atoms with Crippen LogP contribution >= 0.6 is 28.1 Å². The number of nitro benzene ring substituents is 1. The van der Waals surface area contributed by atoms with Crippen LogP contribution in [-0.4, -0.2) is 29.0 Å². The van der Waals surface area contributed by atoms with Crippen molar-refractivity contribution in [2.45, 2.75) is 0 Å². The number of rotatable bonds is 4. The molecule has 2 rings (SSSR count). The molecule has 0 bridgehead atoms. The molecule has 2 aromatic rings. The number of thiocarbonyl (C=S) groups is 1. The first kappa shape index (κ1) is 20.3. The van der Waals surface area contributed by atoms with Crippen LogP contribution in [0.2, 0.25) is 0 Å². The molecule has 0 saturated carbocycles. The molecule has 0 fully saturated rings. The van der Waals surface area contributed by atoms with Crippen LogP contribution in [-0.2, 0) is 0 Å². The van der Waals surface area contributed by atoms with Crippen LogP contribution in [0.5, 0.6) is 5.75 Å². The summed E-state index contributed by atoms with van der Waals surface area (Å²) in [5.41, 5.74) is 4.33. The molecular formula is C16H13BrN4O5S. The summed E-state index contributed by atoms with van der Waals surface area (Å²) in [5, 5.41) is 13.1. The fourth-order valence-corrected chi connectivity index (χ4v) is 2.70. The molecule has 3 N–H and O–H groups in total. The minimum absolute atomic E-state index is 0.150. The monoisotopic (exact) mass is 452 g/mol. The summed E-state index contributed by atoms with van der Waals surface area (Å²) in [4.78, 5) is 34.5. The van der Waals surface area contributed by atoms with Crippen molar-refractivity contribution < 1.29 is 19.2 Å². The van der Waals surface area contributed by atoms with E-state index in [0.29, 0.717) is 15.8 Å². The van der Waals surface area contributed by atoms with E-state index < -0.39 is 16.7 Å². The number of nitro groups is 1. The van der Waals surface area contributed by atoms with Crippen molar-refractivity contribution in [1.29, 1.82) is 0 Å². The SMILES string of the molecule is COc1ccc(C(=O)NC(=S)NNC(=O)c2ccccc2[N+](=O)[O-])cc1Br. The van der Waals surface area contributed by atoms with Gasteiger partial charge in [-0.2, -0.15) is 0 Å². The summed E-state index contributed by atoms with van der Waals surface area (Å²) in [7, 11) is 1.50. The molecule has 140 valence electrons. The van der Waals surface area contributed by atoms with Crippen LogP contribution in [0.25, 0.3) is 0 Å². The highest BCUT2D eigenvalue weighted by Crippen LogP contribution is 2.25. The summed E-state index contributed by atoms with van der Waals surface area (Å²) >= 11 is 8.21. The zero-order valence-corrected chi connectivity index (χ0v) is 16.2. The zero-order chi connectivity index (χ0) is 20.0. The maximum absolute atomic E-state index is 12.2. The van der Waals surface area contributed by atoms with Crippen LogP contribution in [0, 0.1) is 10.1 Å². The molecule has 0 radical (unpaired) electrons. The number of nitrogens with zero attached hydrogens (tertiary/aromatic N) is 1. The molecule has 0 heterocycles. The molecule has 0 saturated heterocycles. The van der Waals surface area contributed by atoms with Crippen molar-refractivity contribution in [2.75, 3.05) is 7.11 Å². The Kier molecular flexibility index (Phi) is 6.79. The van der Waals surface area contributed by atoms with Gasteiger partial charge in [0.1, 0.15) is 11.3 Å². The maximum Gasteiger partial charge on any atom is 0.282 e. The summed E-state index contributed by atoms with van der Waals surface area (Å²) in [6, 6.07) is 10.1. The largest absolute Gasteiger partial charge is 0.496 e. The topological polar surface area (TPSA) is 123 Å². The van der Waals surface area contributed by atoms with Gasteiger partial charge in [-0.15, -0.1) is 0 Å². The van der Waals surface area contributed by atoms with Gasteiger partial charge in [0.25, 0.3) is 17.5 Å². The van der Waals surface area contributed by atoms with E-state index in [1.54, 1.807) is 12.1 Å². The summed E-state index contributed by atoms with van der Waals surface area (Å²) in [5.74, 6) is -0.731. The quantitative estimate of drug-likeness (QED) is 0.369. The third-order valence-electron chi connectivity index (χ3n) is 3.28. The Balaban J connectivity index is 1.96. The predicted octanol–water partition coefficient (Wildman–Crippen LogP) is 2.32. The van der Waals surface area contributed by atoms with E-state index >= 15 is 0 Å². The molecule has 27 heavy (non-hydrogen) atoms. The molecule has 0 aliphatic heterocycles. The second kappa shape index (κ2) is 9.05. The van der Waals surface area contributed by atoms with Crippen LogP contribution in [0.15, 0.2) is 46.9 Å². The van der Waals surface area contributed by atoms with E-state index in [0.717, 1.165) is 0 Å². The van der Waals surface area contributed by atoms with Crippen molar-refractivity contribution in [3.63, 3.8) is 0 Å². The van der Waals surface area contributed by atoms with Gasteiger partial charge in [0, 0.05) is 11.6 Å². The maximum atomic E-state index is 12.2. The van der Waals surface area contributed by atoms with Crippen molar-refractivity contribution >= 4 is 50.8 Å². The number of hydrogen-bond donors (Lipinski definition) is 3. The van der Waals surface area contributed by atoms with Gasteiger partial charge >= 0.3 is 0 Å². The number of benzene rings is 2. The van der Waals surface area contributed by atoms with Crippen LogP contribution < -0.4 is 20.9 Å². The van der Waals surface area contributed by atoms with Crippen LogP contribution in [0.1, 0.15) is 20.7 Å². The average molecular weight is 453 g/mol. The number of amides is 2. The normalized spacial score (nSPS) is 9.85. The van der Waals surface area contributed by atoms with Gasteiger partial charge in [-0.25, -0.2) is 0 Å². The lowest BCUT2D eigenvalue weighted by Crippen LogP contribution is -2.48. The Hall–Kier alpha value is -3.05. The second-order valence-corrected chi connectivity index (χ2v) is 6.25. The number of nitrogens with one attached hydrogen (secondary N) is 3. The number of hydrazine groups is 1. The smallest absolute Gasteiger partial charge is 0.282 e. The molecular weight excluding hydrogens is 440 g/mol. The minimum atomic E-state index is -0.772. The van der Waals surface area contributed by atoms with E-state index in [1.807, 2.05) is 0 Å². The fraction of sp³-hybridized carbons (Fsp3) is 0.0625. The highest BCUT2D eigenvalue weighted by atomic mass is 79.9. The Bertz CT molecular complexity index is 921. The summed E-state index contributed by atoms with van der Waals surface area (Å²) in [6.45, 7) is 0. The minimum Gasteiger partial charge on any atom is -0.496 e. The Labute approximate surface area is 167 Å². The lowest BCUT2D eigenvalue weighted by atomic mass is 10.2. The molecule has 2 aromatic carbocycles. The van der Waals surface area contributed by atoms with Crippen molar-refractivity contribution in [3.8, 4) is 5.75 Å². The lowest BCUT2D eigenvalue weighted by molar-refractivity contribution is -0.385. The molecule has 2 amide bonds. The van der Waals surface area contributed by atoms with E-state index in [9.17, 15) is 19.7 Å². The number of carbonyl (C=O) groups is 2. The standard InChI is InChI=1S/C16H13BrN4O5S/c1-26-13-7-6-9(8-11(13)17)14(22)18-16(27)20-19-15(23)10-4-2-3-5-12(10)21(24)25/h2-8H,1H3,(H,19,23)(H2,18,20,22,27). The highest BCUT2D eigenvalue weighted by molar-refractivity contribution is 9.10. The van der Waals surface area contributed by atoms with E-state index in [2.05, 4.69) is 32.1 Å². The first-order chi connectivity index (χ1) is 12.8. The summed E-state index contributed by atoms with van der Waals surface area (Å²) in [6.07, 6.45) is 0. The van der Waals surface area contributed by atoms with Gasteiger partial charge < -0.3 is 4.74 Å². The first-order valence-corrected chi connectivity index (χ1v) is 8.52. The van der Waals surface area contributed by atoms with Crippen LogP contribution in [0.4, 0.5) is 5.69 Å². The molecule has 0 atom stereocenters. The van der Waals surface area contributed by atoms with E-state index in [1.165, 1.54) is 37.4 Å². The van der Waals surface area contributed by atoms with Crippen molar-refractivity contribution in [1.82, 2.24) is 16.2 Å². The molecule has 0 aromatic heterocycles. The first-order valence-electron chi connectivity index (χ1n) is 7.32. The molecule has 0 aliphatic carbocycles. The van der Waals surface area contributed by atoms with Crippen molar-refractivity contribution in [2.24, 2.45) is 0 Å². The number of ether oxygens (including phenoxy) is 1. The molecule has 0 aliphatic rings. The van der Waals surface area contributed by atoms with E-state index in [4.69, 9.17) is 17.0 Å². The number of hydrogen-bond acceptors (Lipinski definition) is 6. The molecule has 0 unspecified atom stereocenters. The van der Waals surface area contributed by atoms with Gasteiger partial charge in [-0.3, -0.25) is 35.9 Å². The van der Waals surface area contributed by atoms with E-state index in [-0.39, 0.29) is 16.4 Å². The number of halogens is 1. The molecule has 11 heteroatoms. The number of methoxy groups -OCH3 is 1. The summed E-state index contributed by atoms with van der Waals surface area (Å²) < 4.78 is 5.67. The van der Waals surface area contributed by atoms with Crippen LogP contribution in [0.3, 0.4) is 0 Å². The Morgan fingerprint density at radius 2 is 1.85 bits per heavy atom. The van der Waals surface area contributed by atoms with Gasteiger partial charge in [-0.1, -0.05) is 12.1 Å². The highest BCUT2D eigenvalue weighted by Gasteiger charge is 2.19. The third kappa shape index (κ3) is 5.21. The Morgan fingerprint density at radius 3 is 2.48 bits per heavy atom. The van der Waals surface area contributed by atoms with Gasteiger partial charge in [0.2, 0.25) is 0 Å². The average Bonchev–Trinajstić information content (AvgIpc) is 2.65. The molecule has 0 spiro atoms. The fourth-order valence-electron chi connectivity index (χ4n) is 2.02. The third-order valence-corrected chi connectivity index (χ3v) is 4.10. The van der Waals surface area contributed by atoms with Gasteiger partial charge in [-0.05, 0) is 52.4 Å². The van der Waals surface area contributed by atoms with Gasteiger partial charge in [0.05, 0.1) is 16.5 Å². The molecule has 9 nitrogen and oxygen atoms in total. The van der Waals surface area contributed by atoms with Gasteiger partial charge in [0.15, 0.2) is 5.11 Å². The second-order valence-electron chi connectivity index (χ2n) is 4.99. The van der Waals surface area contributed by atoms with Crippen molar-refractivity contribution in [3.05, 3.63) is 68.2 Å².